The summed E-state index contributed by atoms with van der Waals surface area (Å²) >= 11 is 0. The van der Waals surface area contributed by atoms with Crippen molar-refractivity contribution >= 4 is 11.4 Å². The number of benzene rings is 3. The van der Waals surface area contributed by atoms with Crippen LogP contribution < -0.4 is 15.4 Å². The van der Waals surface area contributed by atoms with Crippen molar-refractivity contribution < 1.29 is 20.1 Å². The van der Waals surface area contributed by atoms with Gasteiger partial charge in [-0.25, -0.2) is 0 Å². The molecule has 0 bridgehead atoms. The van der Waals surface area contributed by atoms with Gasteiger partial charge in [0.05, 0.1) is 19.3 Å². The zero-order chi connectivity index (χ0) is 22.1. The predicted octanol–water partition coefficient (Wildman–Crippen LogP) is 3.89. The number of hydrogen-bond acceptors (Lipinski definition) is 6. The lowest BCUT2D eigenvalue weighted by atomic mass is 10.1. The molecular formula is C25H30N2O4. The molecular weight excluding hydrogens is 392 g/mol. The lowest BCUT2D eigenvalue weighted by Crippen LogP contribution is -2.23. The molecule has 0 amide bonds. The van der Waals surface area contributed by atoms with Crippen LogP contribution in [-0.2, 0) is 13.0 Å². The molecule has 0 radical (unpaired) electrons. The fourth-order valence-electron chi connectivity index (χ4n) is 3.25. The Morgan fingerprint density at radius 2 is 1.61 bits per heavy atom. The van der Waals surface area contributed by atoms with Crippen LogP contribution in [0.15, 0.2) is 66.7 Å². The van der Waals surface area contributed by atoms with Crippen LogP contribution in [0.1, 0.15) is 29.7 Å². The van der Waals surface area contributed by atoms with Crippen LogP contribution in [-0.4, -0.2) is 35.0 Å². The average Bonchev–Trinajstić information content (AvgIpc) is 2.79. The second-order valence-corrected chi connectivity index (χ2v) is 7.30. The monoisotopic (exact) mass is 422 g/mol. The van der Waals surface area contributed by atoms with Gasteiger partial charge in [-0.05, 0) is 79.5 Å². The molecule has 0 saturated carbocycles. The third-order valence-corrected chi connectivity index (χ3v) is 4.99. The van der Waals surface area contributed by atoms with Crippen LogP contribution in [0.2, 0.25) is 0 Å². The minimum Gasteiger partial charge on any atom is -0.508 e. The largest absolute Gasteiger partial charge is 0.508 e. The van der Waals surface area contributed by atoms with Crippen molar-refractivity contribution in [1.82, 2.24) is 5.32 Å². The highest BCUT2D eigenvalue weighted by molar-refractivity contribution is 5.60. The standard InChI is InChI=1S/C25H30N2O4/c1-2-31-23-10-8-22(9-11-23)27-21-6-3-18(4-7-21)13-14-26-16-25(30)19-5-12-24(29)20(15-19)17-28/h3-12,15,25-30H,2,13-14,16-17H2,1H3/t25-/m1/s1. The number of ether oxygens (including phenoxy) is 1. The van der Waals surface area contributed by atoms with Crippen LogP contribution in [0.4, 0.5) is 11.4 Å². The van der Waals surface area contributed by atoms with E-state index in [9.17, 15) is 15.3 Å². The molecule has 0 aromatic heterocycles. The fraction of sp³-hybridized carbons (Fsp3) is 0.280. The highest BCUT2D eigenvalue weighted by atomic mass is 16.5. The summed E-state index contributed by atoms with van der Waals surface area (Å²) in [5.41, 5.74) is 4.30. The number of hydrogen-bond donors (Lipinski definition) is 5. The van der Waals surface area contributed by atoms with Gasteiger partial charge in [-0.1, -0.05) is 18.2 Å². The maximum atomic E-state index is 10.3. The van der Waals surface area contributed by atoms with Gasteiger partial charge in [-0.2, -0.15) is 0 Å². The quantitative estimate of drug-likeness (QED) is 0.301. The van der Waals surface area contributed by atoms with Crippen molar-refractivity contribution in [3.63, 3.8) is 0 Å². The van der Waals surface area contributed by atoms with Crippen LogP contribution in [0.3, 0.4) is 0 Å². The van der Waals surface area contributed by atoms with Crippen LogP contribution in [0.25, 0.3) is 0 Å². The summed E-state index contributed by atoms with van der Waals surface area (Å²) in [5, 5.41) is 35.8. The summed E-state index contributed by atoms with van der Waals surface area (Å²) in [6, 6.07) is 20.9. The molecule has 0 fully saturated rings. The highest BCUT2D eigenvalue weighted by Gasteiger charge is 2.10. The second kappa shape index (κ2) is 11.4. The third-order valence-electron chi connectivity index (χ3n) is 4.99. The molecule has 5 N–H and O–H groups in total. The molecule has 0 aliphatic carbocycles. The van der Waals surface area contributed by atoms with E-state index in [1.807, 2.05) is 43.3 Å². The molecule has 6 nitrogen and oxygen atoms in total. The van der Waals surface area contributed by atoms with E-state index in [1.54, 1.807) is 12.1 Å². The molecule has 0 saturated heterocycles. The number of anilines is 2. The van der Waals surface area contributed by atoms with E-state index in [1.165, 1.54) is 11.6 Å². The third kappa shape index (κ3) is 6.72. The van der Waals surface area contributed by atoms with Crippen molar-refractivity contribution in [2.24, 2.45) is 0 Å². The molecule has 0 aliphatic rings. The number of aliphatic hydroxyl groups excluding tert-OH is 2. The summed E-state index contributed by atoms with van der Waals surface area (Å²) in [4.78, 5) is 0. The number of aliphatic hydroxyl groups is 2. The van der Waals surface area contributed by atoms with Gasteiger partial charge < -0.3 is 30.7 Å². The van der Waals surface area contributed by atoms with Gasteiger partial charge in [-0.3, -0.25) is 0 Å². The Hall–Kier alpha value is -3.06. The minimum atomic E-state index is -0.702. The van der Waals surface area contributed by atoms with E-state index in [-0.39, 0.29) is 12.4 Å². The van der Waals surface area contributed by atoms with Crippen LogP contribution >= 0.6 is 0 Å². The lowest BCUT2D eigenvalue weighted by Gasteiger charge is -2.14. The first kappa shape index (κ1) is 22.6. The normalized spacial score (nSPS) is 11.8. The summed E-state index contributed by atoms with van der Waals surface area (Å²) in [6.07, 6.45) is 0.139. The second-order valence-electron chi connectivity index (χ2n) is 7.30. The van der Waals surface area contributed by atoms with Crippen LogP contribution in [0, 0.1) is 0 Å². The Morgan fingerprint density at radius 3 is 2.26 bits per heavy atom. The maximum Gasteiger partial charge on any atom is 0.121 e. The van der Waals surface area contributed by atoms with Crippen molar-refractivity contribution in [1.29, 1.82) is 0 Å². The van der Waals surface area contributed by atoms with Gasteiger partial charge in [0, 0.05) is 23.5 Å². The zero-order valence-corrected chi connectivity index (χ0v) is 17.7. The molecule has 0 aliphatic heterocycles. The fourth-order valence-corrected chi connectivity index (χ4v) is 3.25. The van der Waals surface area contributed by atoms with E-state index in [4.69, 9.17) is 4.74 Å². The Labute approximate surface area is 183 Å². The predicted molar refractivity (Wildman–Crippen MR) is 123 cm³/mol. The molecule has 31 heavy (non-hydrogen) atoms. The SMILES string of the molecule is CCOc1ccc(Nc2ccc(CCNC[C@@H](O)c3ccc(O)c(CO)c3)cc2)cc1. The topological polar surface area (TPSA) is 94.0 Å². The van der Waals surface area contributed by atoms with Gasteiger partial charge in [0.25, 0.3) is 0 Å². The minimum absolute atomic E-state index is 0.0341. The summed E-state index contributed by atoms with van der Waals surface area (Å²) < 4.78 is 5.46. The van der Waals surface area contributed by atoms with Gasteiger partial charge in [0.15, 0.2) is 0 Å². The van der Waals surface area contributed by atoms with Crippen molar-refractivity contribution in [3.8, 4) is 11.5 Å². The lowest BCUT2D eigenvalue weighted by molar-refractivity contribution is 0.174. The zero-order valence-electron chi connectivity index (χ0n) is 17.7. The molecule has 3 aromatic rings. The smallest absolute Gasteiger partial charge is 0.121 e. The first-order valence-electron chi connectivity index (χ1n) is 10.5. The van der Waals surface area contributed by atoms with Gasteiger partial charge in [0.2, 0.25) is 0 Å². The molecule has 3 rings (SSSR count). The Bertz CT molecular complexity index is 943. The molecule has 6 heteroatoms. The van der Waals surface area contributed by atoms with Gasteiger partial charge in [0.1, 0.15) is 11.5 Å². The van der Waals surface area contributed by atoms with Crippen molar-refractivity contribution in [2.45, 2.75) is 26.1 Å². The molecule has 0 heterocycles. The molecule has 0 unspecified atom stereocenters. The Morgan fingerprint density at radius 1 is 0.935 bits per heavy atom. The number of aromatic hydroxyl groups is 1. The highest BCUT2D eigenvalue weighted by Crippen LogP contribution is 2.23. The first-order valence-corrected chi connectivity index (χ1v) is 10.5. The first-order chi connectivity index (χ1) is 15.1. The number of rotatable bonds is 11. The molecule has 1 atom stereocenters. The number of nitrogens with one attached hydrogen (secondary N) is 2. The Balaban J connectivity index is 1.43. The van der Waals surface area contributed by atoms with Crippen molar-refractivity contribution in [2.75, 3.05) is 25.0 Å². The van der Waals surface area contributed by atoms with E-state index >= 15 is 0 Å². The summed E-state index contributed by atoms with van der Waals surface area (Å²) in [5.74, 6) is 0.895. The molecule has 3 aromatic carbocycles. The van der Waals surface area contributed by atoms with Crippen LogP contribution in [0.5, 0.6) is 11.5 Å². The van der Waals surface area contributed by atoms with E-state index < -0.39 is 6.10 Å². The van der Waals surface area contributed by atoms with Crippen molar-refractivity contribution in [3.05, 3.63) is 83.4 Å². The Kier molecular flexibility index (Phi) is 8.29. The summed E-state index contributed by atoms with van der Waals surface area (Å²) in [6.45, 7) is 3.49. The van der Waals surface area contributed by atoms with E-state index in [0.717, 1.165) is 30.1 Å². The summed E-state index contributed by atoms with van der Waals surface area (Å²) in [7, 11) is 0. The number of phenols is 1. The van der Waals surface area contributed by atoms with E-state index in [2.05, 4.69) is 22.8 Å². The molecule has 164 valence electrons. The maximum absolute atomic E-state index is 10.3. The van der Waals surface area contributed by atoms with E-state index in [0.29, 0.717) is 24.3 Å². The molecule has 0 spiro atoms. The average molecular weight is 423 g/mol. The van der Waals surface area contributed by atoms with Gasteiger partial charge in [-0.15, -0.1) is 0 Å². The van der Waals surface area contributed by atoms with Gasteiger partial charge >= 0.3 is 0 Å².